The maximum absolute atomic E-state index is 10.4. The van der Waals surface area contributed by atoms with Crippen LogP contribution in [-0.4, -0.2) is 21.3 Å². The number of hydrogen-bond donors (Lipinski definition) is 2. The molecule has 0 spiro atoms. The number of benzene rings is 1. The van der Waals surface area contributed by atoms with Crippen molar-refractivity contribution in [3.8, 4) is 11.8 Å². The van der Waals surface area contributed by atoms with Crippen molar-refractivity contribution >= 4 is 16.9 Å². The molecule has 2 aromatic rings. The van der Waals surface area contributed by atoms with Crippen LogP contribution in [0.5, 0.6) is 0 Å². The first-order valence-electron chi connectivity index (χ1n) is 3.88. The van der Waals surface area contributed by atoms with E-state index in [0.717, 1.165) is 5.52 Å². The van der Waals surface area contributed by atoms with Crippen molar-refractivity contribution in [2.75, 3.05) is 0 Å². The first-order chi connectivity index (χ1) is 6.75. The monoisotopic (exact) mass is 186 g/mol. The normalized spacial score (nSPS) is 9.43. The Labute approximate surface area is 79.3 Å². The van der Waals surface area contributed by atoms with E-state index >= 15 is 0 Å². The van der Waals surface area contributed by atoms with Crippen LogP contribution < -0.4 is 5.73 Å². The number of primary amides is 1. The molecule has 0 fully saturated rings. The van der Waals surface area contributed by atoms with Crippen LogP contribution in [0.4, 0.5) is 0 Å². The molecule has 3 N–H and O–H groups in total. The summed E-state index contributed by atoms with van der Waals surface area (Å²) in [6.45, 7) is 0. The molecule has 0 atom stereocenters. The van der Waals surface area contributed by atoms with E-state index in [-0.39, 0.29) is 0 Å². The fourth-order valence-corrected chi connectivity index (χ4v) is 1.05. The van der Waals surface area contributed by atoms with Gasteiger partial charge < -0.3 is 5.73 Å². The van der Waals surface area contributed by atoms with Crippen LogP contribution in [0.25, 0.3) is 11.0 Å². The second-order valence-electron chi connectivity index (χ2n) is 2.64. The van der Waals surface area contributed by atoms with E-state index in [1.807, 2.05) is 0 Å². The maximum Gasteiger partial charge on any atom is 0.293 e. The number of H-pyrrole nitrogens is 1. The van der Waals surface area contributed by atoms with Crippen LogP contribution in [0.15, 0.2) is 18.2 Å². The summed E-state index contributed by atoms with van der Waals surface area (Å²) in [5, 5.41) is 10.3. The highest BCUT2D eigenvalue weighted by Crippen LogP contribution is 2.08. The smallest absolute Gasteiger partial charge is 0.293 e. The Bertz CT molecular complexity index is 546. The number of rotatable bonds is 0. The highest BCUT2D eigenvalue weighted by molar-refractivity contribution is 5.92. The summed E-state index contributed by atoms with van der Waals surface area (Å²) in [6.07, 6.45) is 0. The third-order valence-electron chi connectivity index (χ3n) is 1.65. The number of nitrogens with one attached hydrogen (secondary N) is 1. The molecule has 0 saturated carbocycles. The van der Waals surface area contributed by atoms with Crippen LogP contribution in [0.1, 0.15) is 5.56 Å². The molecule has 68 valence electrons. The van der Waals surface area contributed by atoms with Crippen LogP contribution in [0.3, 0.4) is 0 Å². The number of carbonyl (C=O) groups excluding carboxylic acids is 1. The van der Waals surface area contributed by atoms with Gasteiger partial charge in [-0.1, -0.05) is 5.92 Å². The van der Waals surface area contributed by atoms with Gasteiger partial charge in [-0.25, -0.2) is 0 Å². The Balaban J connectivity index is 2.45. The lowest BCUT2D eigenvalue weighted by Gasteiger charge is -1.87. The summed E-state index contributed by atoms with van der Waals surface area (Å²) < 4.78 is 0. The van der Waals surface area contributed by atoms with E-state index in [2.05, 4.69) is 27.3 Å². The fraction of sp³-hybridized carbons (Fsp3) is 0. The average molecular weight is 186 g/mol. The first kappa shape index (κ1) is 8.26. The van der Waals surface area contributed by atoms with Crippen molar-refractivity contribution in [3.63, 3.8) is 0 Å². The third-order valence-corrected chi connectivity index (χ3v) is 1.65. The minimum atomic E-state index is -0.648. The van der Waals surface area contributed by atoms with Gasteiger partial charge in [0.2, 0.25) is 0 Å². The second kappa shape index (κ2) is 3.18. The molecule has 1 heterocycles. The maximum atomic E-state index is 10.4. The number of hydrogen-bond acceptors (Lipinski definition) is 3. The number of amides is 1. The number of nitrogens with two attached hydrogens (primary N) is 1. The molecule has 5 nitrogen and oxygen atoms in total. The Morgan fingerprint density at radius 1 is 1.36 bits per heavy atom. The predicted molar refractivity (Wildman–Crippen MR) is 50.0 cm³/mol. The molecular weight excluding hydrogens is 180 g/mol. The van der Waals surface area contributed by atoms with E-state index in [9.17, 15) is 4.79 Å². The number of carbonyl (C=O) groups is 1. The molecular formula is C9H6N4O. The van der Waals surface area contributed by atoms with Crippen molar-refractivity contribution in [2.24, 2.45) is 5.73 Å². The molecule has 0 aliphatic rings. The van der Waals surface area contributed by atoms with Gasteiger partial charge >= 0.3 is 0 Å². The Kier molecular flexibility index (Phi) is 1.88. The zero-order valence-corrected chi connectivity index (χ0v) is 7.11. The zero-order valence-electron chi connectivity index (χ0n) is 7.11. The highest BCUT2D eigenvalue weighted by Gasteiger charge is 1.97. The van der Waals surface area contributed by atoms with Gasteiger partial charge in [-0.15, -0.1) is 0 Å². The lowest BCUT2D eigenvalue weighted by atomic mass is 10.2. The Hall–Kier alpha value is -2.35. The quantitative estimate of drug-likeness (QED) is 0.558. The summed E-state index contributed by atoms with van der Waals surface area (Å²) in [4.78, 5) is 10.4. The summed E-state index contributed by atoms with van der Waals surface area (Å²) in [5.74, 6) is 4.22. The summed E-state index contributed by atoms with van der Waals surface area (Å²) in [5.41, 5.74) is 7.04. The van der Waals surface area contributed by atoms with E-state index < -0.39 is 5.91 Å². The lowest BCUT2D eigenvalue weighted by molar-refractivity contribution is -0.112. The molecule has 1 aromatic heterocycles. The molecule has 0 unspecified atom stereocenters. The number of aromatic amines is 1. The van der Waals surface area contributed by atoms with Gasteiger partial charge in [0.1, 0.15) is 11.0 Å². The molecule has 0 bridgehead atoms. The average Bonchev–Trinajstić information content (AvgIpc) is 2.61. The third kappa shape index (κ3) is 1.54. The van der Waals surface area contributed by atoms with Crippen LogP contribution in [0.2, 0.25) is 0 Å². The second-order valence-corrected chi connectivity index (χ2v) is 2.64. The topological polar surface area (TPSA) is 84.7 Å². The van der Waals surface area contributed by atoms with Crippen molar-refractivity contribution in [3.05, 3.63) is 23.8 Å². The molecule has 5 heteroatoms. The summed E-state index contributed by atoms with van der Waals surface area (Å²) in [6, 6.07) is 5.25. The number of nitrogens with zero attached hydrogens (tertiary/aromatic N) is 2. The Morgan fingerprint density at radius 2 is 2.14 bits per heavy atom. The molecule has 0 aliphatic heterocycles. The van der Waals surface area contributed by atoms with Crippen molar-refractivity contribution in [2.45, 2.75) is 0 Å². The van der Waals surface area contributed by atoms with Gasteiger partial charge in [0.15, 0.2) is 0 Å². The van der Waals surface area contributed by atoms with E-state index in [4.69, 9.17) is 5.73 Å². The van der Waals surface area contributed by atoms with Gasteiger partial charge in [0.05, 0.1) is 0 Å². The van der Waals surface area contributed by atoms with E-state index in [1.54, 1.807) is 18.2 Å². The number of aromatic nitrogens is 3. The van der Waals surface area contributed by atoms with Crippen molar-refractivity contribution < 1.29 is 4.79 Å². The molecule has 1 aromatic carbocycles. The van der Waals surface area contributed by atoms with Crippen molar-refractivity contribution in [1.29, 1.82) is 0 Å². The van der Waals surface area contributed by atoms with Gasteiger partial charge in [-0.3, -0.25) is 4.79 Å². The zero-order chi connectivity index (χ0) is 9.97. The molecule has 14 heavy (non-hydrogen) atoms. The van der Waals surface area contributed by atoms with Crippen LogP contribution >= 0.6 is 0 Å². The first-order valence-corrected chi connectivity index (χ1v) is 3.88. The molecule has 0 aliphatic carbocycles. The van der Waals surface area contributed by atoms with Gasteiger partial charge in [-0.2, -0.15) is 15.4 Å². The lowest BCUT2D eigenvalue weighted by Crippen LogP contribution is -2.06. The standard InChI is InChI=1S/C9H6N4O/c10-9(14)4-2-6-1-3-7-8(5-6)12-13-11-7/h1,3,5H,(H2,10,14)(H,11,12,13). The largest absolute Gasteiger partial charge is 0.359 e. The van der Waals surface area contributed by atoms with Crippen molar-refractivity contribution in [1.82, 2.24) is 15.4 Å². The van der Waals surface area contributed by atoms with E-state index in [0.29, 0.717) is 11.1 Å². The summed E-state index contributed by atoms with van der Waals surface area (Å²) in [7, 11) is 0. The predicted octanol–water partition coefficient (Wildman–Crippen LogP) is -0.205. The number of fused-ring (bicyclic) bond motifs is 1. The SMILES string of the molecule is NC(=O)C#Cc1ccc2n[nH]nc2c1. The van der Waals surface area contributed by atoms with Crippen LogP contribution in [0, 0.1) is 11.8 Å². The summed E-state index contributed by atoms with van der Waals surface area (Å²) >= 11 is 0. The molecule has 2 rings (SSSR count). The van der Waals surface area contributed by atoms with Crippen LogP contribution in [-0.2, 0) is 4.79 Å². The molecule has 0 saturated heterocycles. The fourth-order valence-electron chi connectivity index (χ4n) is 1.05. The van der Waals surface area contributed by atoms with Gasteiger partial charge in [0.25, 0.3) is 5.91 Å². The Morgan fingerprint density at radius 3 is 2.93 bits per heavy atom. The minimum absolute atomic E-state index is 0.648. The highest BCUT2D eigenvalue weighted by atomic mass is 16.1. The molecule has 1 amide bonds. The molecule has 0 radical (unpaired) electrons. The van der Waals surface area contributed by atoms with Gasteiger partial charge in [0, 0.05) is 5.56 Å². The minimum Gasteiger partial charge on any atom is -0.359 e. The van der Waals surface area contributed by atoms with Gasteiger partial charge in [-0.05, 0) is 24.1 Å². The van der Waals surface area contributed by atoms with E-state index in [1.165, 1.54) is 0 Å².